The molecule has 0 saturated heterocycles. The molecule has 1 heterocycles. The van der Waals surface area contributed by atoms with E-state index in [1.54, 1.807) is 7.11 Å². The number of methoxy groups -OCH3 is 1. The molecule has 4 rings (SSSR count). The highest BCUT2D eigenvalue weighted by atomic mass is 35.5. The van der Waals surface area contributed by atoms with Gasteiger partial charge < -0.3 is 15.0 Å². The lowest BCUT2D eigenvalue weighted by Crippen LogP contribution is -2.32. The molecular formula is C22H19ClN2O2. The number of nitrogens with one attached hydrogen (secondary N) is 1. The second-order valence-electron chi connectivity index (χ2n) is 6.39. The van der Waals surface area contributed by atoms with Crippen molar-refractivity contribution in [3.63, 3.8) is 0 Å². The maximum Gasteiger partial charge on any atom is 0.256 e. The van der Waals surface area contributed by atoms with Gasteiger partial charge in [-0.1, -0.05) is 54.1 Å². The van der Waals surface area contributed by atoms with Crippen molar-refractivity contribution in [1.82, 2.24) is 4.90 Å². The summed E-state index contributed by atoms with van der Waals surface area (Å²) in [5, 5.41) is 4.13. The van der Waals surface area contributed by atoms with Crippen molar-refractivity contribution in [2.45, 2.75) is 12.7 Å². The van der Waals surface area contributed by atoms with E-state index >= 15 is 0 Å². The molecule has 1 amide bonds. The Morgan fingerprint density at radius 1 is 1.04 bits per heavy atom. The van der Waals surface area contributed by atoms with Crippen molar-refractivity contribution in [3.8, 4) is 5.75 Å². The molecule has 0 fully saturated rings. The first-order valence-corrected chi connectivity index (χ1v) is 9.09. The molecule has 0 aromatic heterocycles. The monoisotopic (exact) mass is 378 g/mol. The van der Waals surface area contributed by atoms with Crippen LogP contribution in [0.15, 0.2) is 72.8 Å². The highest BCUT2D eigenvalue weighted by molar-refractivity contribution is 6.31. The predicted octanol–water partition coefficient (Wildman–Crippen LogP) is 5.12. The van der Waals surface area contributed by atoms with E-state index in [0.717, 1.165) is 22.6 Å². The van der Waals surface area contributed by atoms with Gasteiger partial charge in [0.1, 0.15) is 11.9 Å². The van der Waals surface area contributed by atoms with E-state index in [1.165, 1.54) is 0 Å². The lowest BCUT2D eigenvalue weighted by Gasteiger charge is -2.27. The fourth-order valence-corrected chi connectivity index (χ4v) is 3.57. The van der Waals surface area contributed by atoms with Gasteiger partial charge in [0.25, 0.3) is 5.91 Å². The van der Waals surface area contributed by atoms with Gasteiger partial charge in [0.15, 0.2) is 0 Å². The number of anilines is 1. The Bertz CT molecular complexity index is 989. The van der Waals surface area contributed by atoms with E-state index < -0.39 is 0 Å². The summed E-state index contributed by atoms with van der Waals surface area (Å²) in [6.07, 6.45) is -0.280. The SMILES string of the molecule is COc1cccc(N[C@@H]2c3ccccc3C(=O)N2Cc2ccccc2Cl)c1. The standard InChI is InChI=1S/C22H19ClN2O2/c1-27-17-9-6-8-16(13-17)24-21-18-10-3-4-11-19(18)22(26)25(21)14-15-7-2-5-12-20(15)23/h2-13,21,24H,14H2,1H3/t21-/m0/s1. The molecule has 1 N–H and O–H groups in total. The number of carbonyl (C=O) groups excluding carboxylic acids is 1. The van der Waals surface area contributed by atoms with Crippen LogP contribution in [0.2, 0.25) is 5.02 Å². The number of fused-ring (bicyclic) bond motifs is 1. The predicted molar refractivity (Wildman–Crippen MR) is 107 cm³/mol. The van der Waals surface area contributed by atoms with Crippen molar-refractivity contribution in [3.05, 3.63) is 94.5 Å². The summed E-state index contributed by atoms with van der Waals surface area (Å²) >= 11 is 6.33. The maximum absolute atomic E-state index is 13.1. The summed E-state index contributed by atoms with van der Waals surface area (Å²) < 4.78 is 5.31. The number of halogens is 1. The van der Waals surface area contributed by atoms with Crippen molar-refractivity contribution < 1.29 is 9.53 Å². The lowest BCUT2D eigenvalue weighted by atomic mass is 10.1. The molecule has 0 bridgehead atoms. The van der Waals surface area contributed by atoms with Crippen LogP contribution in [-0.4, -0.2) is 17.9 Å². The first-order valence-electron chi connectivity index (χ1n) is 8.71. The third-order valence-electron chi connectivity index (χ3n) is 4.73. The van der Waals surface area contributed by atoms with Gasteiger partial charge in [-0.2, -0.15) is 0 Å². The summed E-state index contributed by atoms with van der Waals surface area (Å²) in [7, 11) is 1.64. The Morgan fingerprint density at radius 3 is 2.63 bits per heavy atom. The van der Waals surface area contributed by atoms with Crippen molar-refractivity contribution >= 4 is 23.2 Å². The minimum atomic E-state index is -0.280. The maximum atomic E-state index is 13.1. The normalized spacial score (nSPS) is 15.6. The van der Waals surface area contributed by atoms with Gasteiger partial charge in [-0.25, -0.2) is 0 Å². The molecule has 4 nitrogen and oxygen atoms in total. The molecule has 27 heavy (non-hydrogen) atoms. The van der Waals surface area contributed by atoms with Crippen LogP contribution in [0, 0.1) is 0 Å². The molecule has 1 aliphatic heterocycles. The van der Waals surface area contributed by atoms with Gasteiger partial charge in [0, 0.05) is 34.4 Å². The van der Waals surface area contributed by atoms with E-state index in [1.807, 2.05) is 77.7 Å². The summed E-state index contributed by atoms with van der Waals surface area (Å²) in [6.45, 7) is 0.425. The summed E-state index contributed by atoms with van der Waals surface area (Å²) in [5.74, 6) is 0.751. The van der Waals surface area contributed by atoms with Crippen LogP contribution in [0.25, 0.3) is 0 Å². The van der Waals surface area contributed by atoms with Crippen LogP contribution in [0.1, 0.15) is 27.7 Å². The molecule has 0 saturated carbocycles. The molecule has 3 aromatic rings. The number of ether oxygens (including phenoxy) is 1. The average Bonchev–Trinajstić information content (AvgIpc) is 2.96. The van der Waals surface area contributed by atoms with Crippen LogP contribution in [0.4, 0.5) is 5.69 Å². The topological polar surface area (TPSA) is 41.6 Å². The van der Waals surface area contributed by atoms with Gasteiger partial charge in [-0.3, -0.25) is 4.79 Å². The fourth-order valence-electron chi connectivity index (χ4n) is 3.37. The van der Waals surface area contributed by atoms with E-state index in [2.05, 4.69) is 5.32 Å². The van der Waals surface area contributed by atoms with E-state index in [0.29, 0.717) is 17.1 Å². The van der Waals surface area contributed by atoms with Crippen LogP contribution < -0.4 is 10.1 Å². The molecule has 1 aliphatic rings. The Balaban J connectivity index is 1.70. The van der Waals surface area contributed by atoms with Crippen LogP contribution in [0.5, 0.6) is 5.75 Å². The second-order valence-corrected chi connectivity index (χ2v) is 6.80. The van der Waals surface area contributed by atoms with Crippen LogP contribution in [0.3, 0.4) is 0 Å². The average molecular weight is 379 g/mol. The molecule has 136 valence electrons. The summed E-state index contributed by atoms with van der Waals surface area (Å²) in [4.78, 5) is 14.9. The molecule has 0 spiro atoms. The quantitative estimate of drug-likeness (QED) is 0.670. The van der Waals surface area contributed by atoms with Gasteiger partial charge >= 0.3 is 0 Å². The molecule has 1 atom stereocenters. The number of hydrogen-bond acceptors (Lipinski definition) is 3. The molecule has 0 aliphatic carbocycles. The third kappa shape index (κ3) is 3.36. The van der Waals surface area contributed by atoms with E-state index in [4.69, 9.17) is 16.3 Å². The lowest BCUT2D eigenvalue weighted by molar-refractivity contribution is 0.0729. The Kier molecular flexibility index (Phi) is 4.73. The minimum Gasteiger partial charge on any atom is -0.497 e. The molecule has 0 unspecified atom stereocenters. The Labute approximate surface area is 163 Å². The smallest absolute Gasteiger partial charge is 0.256 e. The second kappa shape index (κ2) is 7.33. The van der Waals surface area contributed by atoms with Crippen LogP contribution in [-0.2, 0) is 6.54 Å². The van der Waals surface area contributed by atoms with Gasteiger partial charge in [0.05, 0.1) is 7.11 Å². The highest BCUT2D eigenvalue weighted by Gasteiger charge is 2.36. The van der Waals surface area contributed by atoms with Gasteiger partial charge in [0.2, 0.25) is 0 Å². The molecule has 3 aromatic carbocycles. The number of nitrogens with zero attached hydrogens (tertiary/aromatic N) is 1. The fraction of sp³-hybridized carbons (Fsp3) is 0.136. The molecular weight excluding hydrogens is 360 g/mol. The number of hydrogen-bond donors (Lipinski definition) is 1. The largest absolute Gasteiger partial charge is 0.497 e. The number of carbonyl (C=O) groups is 1. The highest BCUT2D eigenvalue weighted by Crippen LogP contribution is 2.36. The van der Waals surface area contributed by atoms with E-state index in [9.17, 15) is 4.79 Å². The number of benzene rings is 3. The third-order valence-corrected chi connectivity index (χ3v) is 5.10. The number of amides is 1. The van der Waals surface area contributed by atoms with Gasteiger partial charge in [-0.15, -0.1) is 0 Å². The Morgan fingerprint density at radius 2 is 1.81 bits per heavy atom. The minimum absolute atomic E-state index is 0.00841. The van der Waals surface area contributed by atoms with E-state index in [-0.39, 0.29) is 12.1 Å². The van der Waals surface area contributed by atoms with Gasteiger partial charge in [-0.05, 0) is 29.8 Å². The van der Waals surface area contributed by atoms with Crippen LogP contribution >= 0.6 is 11.6 Å². The molecule has 0 radical (unpaired) electrons. The summed E-state index contributed by atoms with van der Waals surface area (Å²) in [6, 6.07) is 23.0. The zero-order chi connectivity index (χ0) is 18.8. The zero-order valence-corrected chi connectivity index (χ0v) is 15.6. The first-order chi connectivity index (χ1) is 13.2. The molecule has 5 heteroatoms. The Hall–Kier alpha value is -2.98. The van der Waals surface area contributed by atoms with Crippen molar-refractivity contribution in [1.29, 1.82) is 0 Å². The van der Waals surface area contributed by atoms with Crippen molar-refractivity contribution in [2.24, 2.45) is 0 Å². The summed E-state index contributed by atoms with van der Waals surface area (Å²) in [5.41, 5.74) is 3.47. The van der Waals surface area contributed by atoms with Crippen molar-refractivity contribution in [2.75, 3.05) is 12.4 Å². The first kappa shape index (κ1) is 17.4. The number of rotatable bonds is 5. The zero-order valence-electron chi connectivity index (χ0n) is 14.9.